The Bertz CT molecular complexity index is 818. The third-order valence-electron chi connectivity index (χ3n) is 3.47. The number of ether oxygens (including phenoxy) is 1. The smallest absolute Gasteiger partial charge is 0.374 e. The van der Waals surface area contributed by atoms with E-state index in [1.807, 2.05) is 36.4 Å². The first-order chi connectivity index (χ1) is 11.2. The minimum atomic E-state index is -0.502. The van der Waals surface area contributed by atoms with Crippen LogP contribution >= 0.6 is 0 Å². The van der Waals surface area contributed by atoms with E-state index in [4.69, 9.17) is 9.15 Å². The van der Waals surface area contributed by atoms with Crippen LogP contribution in [-0.4, -0.2) is 17.7 Å². The first kappa shape index (κ1) is 14.9. The van der Waals surface area contributed by atoms with Crippen LogP contribution in [0.25, 0.3) is 22.3 Å². The maximum absolute atomic E-state index is 12.2. The van der Waals surface area contributed by atoms with Gasteiger partial charge in [0.1, 0.15) is 12.0 Å². The fourth-order valence-corrected chi connectivity index (χ4v) is 2.48. The van der Waals surface area contributed by atoms with Crippen molar-refractivity contribution in [2.75, 3.05) is 6.61 Å². The average molecular weight is 308 g/mol. The molecular weight excluding hydrogens is 292 g/mol. The van der Waals surface area contributed by atoms with Crippen molar-refractivity contribution < 1.29 is 19.1 Å². The second kappa shape index (κ2) is 6.40. The predicted octanol–water partition coefficient (Wildman–Crippen LogP) is 4.50. The van der Waals surface area contributed by atoms with Crippen LogP contribution in [0, 0.1) is 0 Å². The maximum Gasteiger partial charge on any atom is 0.374 e. The van der Waals surface area contributed by atoms with Crippen LogP contribution < -0.4 is 0 Å². The van der Waals surface area contributed by atoms with E-state index in [2.05, 4.69) is 0 Å². The summed E-state index contributed by atoms with van der Waals surface area (Å²) in [5, 5.41) is 9.71. The monoisotopic (exact) mass is 308 g/mol. The molecule has 4 nitrogen and oxygen atoms in total. The summed E-state index contributed by atoms with van der Waals surface area (Å²) < 4.78 is 10.6. The summed E-state index contributed by atoms with van der Waals surface area (Å²) in [5.74, 6) is -0.186. The first-order valence-corrected chi connectivity index (χ1v) is 7.34. The van der Waals surface area contributed by atoms with E-state index in [1.54, 1.807) is 25.1 Å². The van der Waals surface area contributed by atoms with E-state index in [1.165, 1.54) is 6.26 Å². The summed E-state index contributed by atoms with van der Waals surface area (Å²) in [6.45, 7) is 2.02. The summed E-state index contributed by atoms with van der Waals surface area (Å²) >= 11 is 0. The molecule has 23 heavy (non-hydrogen) atoms. The Morgan fingerprint density at radius 3 is 2.52 bits per heavy atom. The number of carbonyl (C=O) groups is 1. The molecule has 4 heteroatoms. The molecule has 0 aliphatic rings. The number of benzene rings is 2. The van der Waals surface area contributed by atoms with Crippen molar-refractivity contribution in [2.45, 2.75) is 6.92 Å². The van der Waals surface area contributed by atoms with Gasteiger partial charge in [-0.25, -0.2) is 4.79 Å². The molecule has 1 aromatic heterocycles. The highest BCUT2D eigenvalue weighted by molar-refractivity contribution is 6.00. The number of hydrogen-bond acceptors (Lipinski definition) is 4. The van der Waals surface area contributed by atoms with Crippen molar-refractivity contribution in [3.8, 4) is 28.0 Å². The number of phenolic OH excluding ortho intramolecular Hbond substituents is 1. The van der Waals surface area contributed by atoms with Gasteiger partial charge in [-0.3, -0.25) is 0 Å². The minimum absolute atomic E-state index is 0.153. The Hall–Kier alpha value is -3.01. The molecule has 0 aliphatic carbocycles. The van der Waals surface area contributed by atoms with Crippen molar-refractivity contribution in [1.82, 2.24) is 0 Å². The average Bonchev–Trinajstić information content (AvgIpc) is 3.01. The van der Waals surface area contributed by atoms with Gasteiger partial charge in [0, 0.05) is 11.1 Å². The highest BCUT2D eigenvalue weighted by Gasteiger charge is 2.23. The molecule has 116 valence electrons. The van der Waals surface area contributed by atoms with Gasteiger partial charge in [0.25, 0.3) is 0 Å². The SMILES string of the molecule is CCOC(=O)c1occ(-c2cccc(O)c2)c1-c1ccccc1. The zero-order chi connectivity index (χ0) is 16.2. The summed E-state index contributed by atoms with van der Waals surface area (Å²) in [4.78, 5) is 12.2. The second-order valence-corrected chi connectivity index (χ2v) is 4.99. The molecule has 1 N–H and O–H groups in total. The third kappa shape index (κ3) is 2.97. The molecule has 1 heterocycles. The Kier molecular flexibility index (Phi) is 4.15. The van der Waals surface area contributed by atoms with Crippen molar-refractivity contribution in [2.24, 2.45) is 0 Å². The van der Waals surface area contributed by atoms with Gasteiger partial charge in [-0.15, -0.1) is 0 Å². The summed E-state index contributed by atoms with van der Waals surface area (Å²) in [6, 6.07) is 16.3. The zero-order valence-electron chi connectivity index (χ0n) is 12.7. The molecule has 2 aromatic carbocycles. The number of hydrogen-bond donors (Lipinski definition) is 1. The largest absolute Gasteiger partial charge is 0.508 e. The van der Waals surface area contributed by atoms with E-state index in [0.29, 0.717) is 5.56 Å². The van der Waals surface area contributed by atoms with Gasteiger partial charge >= 0.3 is 5.97 Å². The standard InChI is InChI=1S/C19H16O4/c1-2-22-19(21)18-17(13-7-4-3-5-8-13)16(12-23-18)14-9-6-10-15(20)11-14/h3-12,20H,2H2,1H3. The second-order valence-electron chi connectivity index (χ2n) is 4.99. The van der Waals surface area contributed by atoms with Crippen LogP contribution in [0.2, 0.25) is 0 Å². The van der Waals surface area contributed by atoms with Crippen LogP contribution in [0.1, 0.15) is 17.5 Å². The first-order valence-electron chi connectivity index (χ1n) is 7.34. The van der Waals surface area contributed by atoms with Gasteiger partial charge in [0.05, 0.1) is 6.61 Å². The molecule has 0 fully saturated rings. The number of phenols is 1. The molecule has 0 saturated carbocycles. The fourth-order valence-electron chi connectivity index (χ4n) is 2.48. The molecule has 0 unspecified atom stereocenters. The highest BCUT2D eigenvalue weighted by atomic mass is 16.5. The molecule has 0 spiro atoms. The highest BCUT2D eigenvalue weighted by Crippen LogP contribution is 2.37. The molecule has 0 amide bonds. The number of carbonyl (C=O) groups excluding carboxylic acids is 1. The molecule has 0 radical (unpaired) electrons. The van der Waals surface area contributed by atoms with Crippen molar-refractivity contribution in [3.05, 3.63) is 66.6 Å². The lowest BCUT2D eigenvalue weighted by atomic mass is 9.96. The Labute approximate surface area is 134 Å². The van der Waals surface area contributed by atoms with Gasteiger partial charge in [0.2, 0.25) is 5.76 Å². The van der Waals surface area contributed by atoms with Gasteiger partial charge in [-0.1, -0.05) is 42.5 Å². The van der Waals surface area contributed by atoms with Crippen LogP contribution in [0.4, 0.5) is 0 Å². The van der Waals surface area contributed by atoms with Gasteiger partial charge in [-0.05, 0) is 30.2 Å². The van der Waals surface area contributed by atoms with E-state index in [9.17, 15) is 9.90 Å². The summed E-state index contributed by atoms with van der Waals surface area (Å²) in [6.07, 6.45) is 1.52. The van der Waals surface area contributed by atoms with E-state index in [0.717, 1.165) is 16.7 Å². The van der Waals surface area contributed by atoms with Crippen molar-refractivity contribution in [3.63, 3.8) is 0 Å². The summed E-state index contributed by atoms with van der Waals surface area (Å²) in [7, 11) is 0. The van der Waals surface area contributed by atoms with Crippen molar-refractivity contribution in [1.29, 1.82) is 0 Å². The number of rotatable bonds is 4. The molecule has 0 saturated heterocycles. The maximum atomic E-state index is 12.2. The molecule has 0 aliphatic heterocycles. The Morgan fingerprint density at radius 2 is 1.83 bits per heavy atom. The topological polar surface area (TPSA) is 59.7 Å². The van der Waals surface area contributed by atoms with Crippen molar-refractivity contribution >= 4 is 5.97 Å². The quantitative estimate of drug-likeness (QED) is 0.721. The van der Waals surface area contributed by atoms with E-state index in [-0.39, 0.29) is 18.1 Å². The lowest BCUT2D eigenvalue weighted by Crippen LogP contribution is -2.04. The van der Waals surface area contributed by atoms with E-state index < -0.39 is 5.97 Å². The minimum Gasteiger partial charge on any atom is -0.508 e. The number of aromatic hydroxyl groups is 1. The molecular formula is C19H16O4. The lowest BCUT2D eigenvalue weighted by Gasteiger charge is -2.07. The van der Waals surface area contributed by atoms with Gasteiger partial charge < -0.3 is 14.3 Å². The fraction of sp³-hybridized carbons (Fsp3) is 0.105. The van der Waals surface area contributed by atoms with Gasteiger partial charge in [-0.2, -0.15) is 0 Å². The van der Waals surface area contributed by atoms with Crippen LogP contribution in [0.3, 0.4) is 0 Å². The van der Waals surface area contributed by atoms with Crippen LogP contribution in [-0.2, 0) is 4.74 Å². The molecule has 0 atom stereocenters. The molecule has 3 rings (SSSR count). The third-order valence-corrected chi connectivity index (χ3v) is 3.47. The Morgan fingerprint density at radius 1 is 1.09 bits per heavy atom. The number of furan rings is 1. The molecule has 3 aromatic rings. The van der Waals surface area contributed by atoms with Crippen LogP contribution in [0.5, 0.6) is 5.75 Å². The number of esters is 1. The lowest BCUT2D eigenvalue weighted by molar-refractivity contribution is 0.0491. The summed E-state index contributed by atoms with van der Waals surface area (Å²) in [5.41, 5.74) is 3.01. The normalized spacial score (nSPS) is 10.5. The van der Waals surface area contributed by atoms with Crippen LogP contribution in [0.15, 0.2) is 65.3 Å². The molecule has 0 bridgehead atoms. The van der Waals surface area contributed by atoms with E-state index >= 15 is 0 Å². The zero-order valence-corrected chi connectivity index (χ0v) is 12.7. The Balaban J connectivity index is 2.19. The van der Waals surface area contributed by atoms with Gasteiger partial charge in [0.15, 0.2) is 0 Å². The predicted molar refractivity (Wildman–Crippen MR) is 87.2 cm³/mol.